The lowest BCUT2D eigenvalue weighted by molar-refractivity contribution is 1.32. The van der Waals surface area contributed by atoms with Gasteiger partial charge in [0.2, 0.25) is 0 Å². The zero-order valence-electron chi connectivity index (χ0n) is 19.7. The van der Waals surface area contributed by atoms with Crippen LogP contribution in [-0.2, 0) is 0 Å². The molecule has 0 aliphatic heterocycles. The summed E-state index contributed by atoms with van der Waals surface area (Å²) in [7, 11) is -0.807. The summed E-state index contributed by atoms with van der Waals surface area (Å²) in [6.07, 6.45) is 2.74. The Morgan fingerprint density at radius 1 is 0.371 bits per heavy atom. The minimum atomic E-state index is -0.565. The van der Waals surface area contributed by atoms with Crippen molar-refractivity contribution in [1.29, 1.82) is 0 Å². The number of hydrogen-bond donors (Lipinski definition) is 2. The van der Waals surface area contributed by atoms with Crippen LogP contribution in [0, 0.1) is 0 Å². The molecule has 0 heterocycles. The van der Waals surface area contributed by atoms with E-state index in [-0.39, 0.29) is 10.9 Å². The smallest absolute Gasteiger partial charge is 0.00448 e. The Kier molecular flexibility index (Phi) is 6.49. The molecule has 5 aromatic rings. The first kappa shape index (κ1) is 22.3. The SMILES string of the molecule is c1ccc([SH](c2ccccc2)c2ccc(-c3ccc([SH](c4ccccc4)C4CC4)cc3)cc2)cc1. The minimum absolute atomic E-state index is 0.243. The highest BCUT2D eigenvalue weighted by Gasteiger charge is 2.30. The molecule has 1 saturated carbocycles. The van der Waals surface area contributed by atoms with Crippen molar-refractivity contribution >= 4 is 21.8 Å². The monoisotopic (exact) mass is 490 g/mol. The summed E-state index contributed by atoms with van der Waals surface area (Å²) in [5.74, 6) is 0. The molecule has 2 heteroatoms. The maximum absolute atomic E-state index is 2.38. The molecule has 174 valence electrons. The highest BCUT2D eigenvalue weighted by Crippen LogP contribution is 2.57. The van der Waals surface area contributed by atoms with E-state index >= 15 is 0 Å². The Morgan fingerprint density at radius 3 is 1.14 bits per heavy atom. The average Bonchev–Trinajstić information content (AvgIpc) is 3.77. The fourth-order valence-corrected chi connectivity index (χ4v) is 9.76. The molecule has 1 aliphatic carbocycles. The first-order valence-corrected chi connectivity index (χ1v) is 15.1. The predicted octanol–water partition coefficient (Wildman–Crippen LogP) is 9.41. The fourth-order valence-electron chi connectivity index (χ4n) is 4.71. The topological polar surface area (TPSA) is 0 Å². The third kappa shape index (κ3) is 4.96. The van der Waals surface area contributed by atoms with Crippen LogP contribution in [-0.4, -0.2) is 5.25 Å². The van der Waals surface area contributed by atoms with Gasteiger partial charge in [-0.1, -0.05) is 78.9 Å². The molecule has 1 atom stereocenters. The van der Waals surface area contributed by atoms with E-state index < -0.39 is 10.9 Å². The highest BCUT2D eigenvalue weighted by molar-refractivity contribution is 8.18. The maximum Gasteiger partial charge on any atom is -0.00448 e. The van der Waals surface area contributed by atoms with E-state index in [9.17, 15) is 0 Å². The van der Waals surface area contributed by atoms with Crippen LogP contribution in [0.15, 0.2) is 164 Å². The van der Waals surface area contributed by atoms with Crippen LogP contribution in [0.1, 0.15) is 12.8 Å². The molecular formula is C33H30S2. The van der Waals surface area contributed by atoms with Gasteiger partial charge in [0.05, 0.1) is 0 Å². The Labute approximate surface area is 214 Å². The first-order chi connectivity index (χ1) is 17.4. The average molecular weight is 491 g/mol. The molecule has 1 fully saturated rings. The van der Waals surface area contributed by atoms with Crippen LogP contribution < -0.4 is 0 Å². The van der Waals surface area contributed by atoms with Crippen molar-refractivity contribution in [3.63, 3.8) is 0 Å². The molecule has 0 amide bonds. The zero-order chi connectivity index (χ0) is 23.5. The normalized spacial score (nSPS) is 14.9. The minimum Gasteiger partial charge on any atom is -0.197 e. The lowest BCUT2D eigenvalue weighted by Gasteiger charge is -2.24. The Balaban J connectivity index is 1.28. The summed E-state index contributed by atoms with van der Waals surface area (Å²) in [5, 5.41) is 0.854. The van der Waals surface area contributed by atoms with E-state index in [4.69, 9.17) is 0 Å². The second-order valence-corrected chi connectivity index (χ2v) is 13.8. The summed E-state index contributed by atoms with van der Waals surface area (Å²) >= 11 is 0. The predicted molar refractivity (Wildman–Crippen MR) is 154 cm³/mol. The Morgan fingerprint density at radius 2 is 0.714 bits per heavy atom. The lowest BCUT2D eigenvalue weighted by atomic mass is 10.1. The molecule has 1 aliphatic rings. The van der Waals surface area contributed by atoms with Crippen LogP contribution in [0.25, 0.3) is 11.1 Å². The number of thiol groups is 2. The van der Waals surface area contributed by atoms with Crippen molar-refractivity contribution in [3.8, 4) is 11.1 Å². The second-order valence-electron chi connectivity index (χ2n) is 9.04. The molecule has 0 N–H and O–H groups in total. The van der Waals surface area contributed by atoms with Crippen molar-refractivity contribution in [2.75, 3.05) is 0 Å². The molecular weight excluding hydrogens is 460 g/mol. The van der Waals surface area contributed by atoms with E-state index in [1.54, 1.807) is 0 Å². The van der Waals surface area contributed by atoms with Gasteiger partial charge in [-0.05, 0) is 114 Å². The van der Waals surface area contributed by atoms with Crippen molar-refractivity contribution in [2.24, 2.45) is 0 Å². The second kappa shape index (κ2) is 10.2. The summed E-state index contributed by atoms with van der Waals surface area (Å²) in [5.41, 5.74) is 2.58. The van der Waals surface area contributed by atoms with Crippen LogP contribution in [0.3, 0.4) is 0 Å². The molecule has 0 aromatic heterocycles. The molecule has 5 aromatic carbocycles. The van der Waals surface area contributed by atoms with Crippen LogP contribution in [0.5, 0.6) is 0 Å². The third-order valence-electron chi connectivity index (χ3n) is 6.58. The summed E-state index contributed by atoms with van der Waals surface area (Å²) in [4.78, 5) is 7.18. The van der Waals surface area contributed by atoms with Crippen molar-refractivity contribution in [2.45, 2.75) is 42.6 Å². The van der Waals surface area contributed by atoms with Crippen LogP contribution in [0.2, 0.25) is 0 Å². The first-order valence-electron chi connectivity index (χ1n) is 12.3. The van der Waals surface area contributed by atoms with E-state index in [0.29, 0.717) is 0 Å². The van der Waals surface area contributed by atoms with Gasteiger partial charge in [0, 0.05) is 0 Å². The van der Waals surface area contributed by atoms with Gasteiger partial charge in [-0.15, -0.1) is 0 Å². The molecule has 0 radical (unpaired) electrons. The van der Waals surface area contributed by atoms with Crippen molar-refractivity contribution < 1.29 is 0 Å². The molecule has 0 saturated heterocycles. The van der Waals surface area contributed by atoms with E-state index in [0.717, 1.165) is 5.25 Å². The van der Waals surface area contributed by atoms with Gasteiger partial charge in [-0.3, -0.25) is 0 Å². The van der Waals surface area contributed by atoms with Crippen molar-refractivity contribution in [1.82, 2.24) is 0 Å². The van der Waals surface area contributed by atoms with Gasteiger partial charge in [0.25, 0.3) is 0 Å². The quantitative estimate of drug-likeness (QED) is 0.209. The molecule has 0 spiro atoms. The highest BCUT2D eigenvalue weighted by atomic mass is 32.2. The van der Waals surface area contributed by atoms with Crippen LogP contribution >= 0.6 is 21.8 Å². The maximum atomic E-state index is 2.38. The zero-order valence-corrected chi connectivity index (χ0v) is 21.5. The number of benzene rings is 5. The summed E-state index contributed by atoms with van der Waals surface area (Å²) < 4.78 is 0. The molecule has 1 unspecified atom stereocenters. The Hall–Kier alpha value is -3.20. The van der Waals surface area contributed by atoms with Crippen LogP contribution in [0.4, 0.5) is 0 Å². The molecule has 6 rings (SSSR count). The fraction of sp³-hybridized carbons (Fsp3) is 0.0909. The Bertz CT molecular complexity index is 1320. The van der Waals surface area contributed by atoms with Gasteiger partial charge >= 0.3 is 0 Å². The number of rotatable bonds is 7. The van der Waals surface area contributed by atoms with Crippen molar-refractivity contribution in [3.05, 3.63) is 140 Å². The largest absolute Gasteiger partial charge is 0.197 e. The molecule has 0 bridgehead atoms. The van der Waals surface area contributed by atoms with E-state index in [2.05, 4.69) is 140 Å². The number of hydrogen-bond acceptors (Lipinski definition) is 0. The molecule has 0 nitrogen and oxygen atoms in total. The van der Waals surface area contributed by atoms with Gasteiger partial charge < -0.3 is 0 Å². The van der Waals surface area contributed by atoms with Gasteiger partial charge in [-0.2, -0.15) is 21.8 Å². The molecule has 35 heavy (non-hydrogen) atoms. The van der Waals surface area contributed by atoms with Gasteiger partial charge in [0.15, 0.2) is 0 Å². The van der Waals surface area contributed by atoms with E-state index in [1.165, 1.54) is 48.4 Å². The third-order valence-corrected chi connectivity index (χ3v) is 12.0. The van der Waals surface area contributed by atoms with E-state index in [1.807, 2.05) is 0 Å². The summed E-state index contributed by atoms with van der Waals surface area (Å²) in [6.45, 7) is 0. The van der Waals surface area contributed by atoms with Gasteiger partial charge in [0.1, 0.15) is 0 Å². The lowest BCUT2D eigenvalue weighted by Crippen LogP contribution is -1.92. The standard InChI is InChI=1S/C33H30S2/c1-4-10-28(11-5-1)34(29-12-6-2-7-13-29)31-20-16-26(17-21-31)27-18-22-32(23-19-27)35(33-24-25-33)30-14-8-3-9-15-30/h1-23,33-35H,24-25H2. The van der Waals surface area contributed by atoms with Gasteiger partial charge in [-0.25, -0.2) is 0 Å². The summed E-state index contributed by atoms with van der Waals surface area (Å²) in [6, 6.07) is 51.6.